The second-order valence-electron chi connectivity index (χ2n) is 4.05. The van der Waals surface area contributed by atoms with Crippen LogP contribution in [-0.4, -0.2) is 52.3 Å². The molecule has 0 saturated heterocycles. The molecule has 0 aliphatic rings. The fourth-order valence-electron chi connectivity index (χ4n) is 1.38. The monoisotopic (exact) mass is 257 g/mol. The van der Waals surface area contributed by atoms with Gasteiger partial charge in [0.1, 0.15) is 6.04 Å². The van der Waals surface area contributed by atoms with Gasteiger partial charge in [0.2, 0.25) is 0 Å². The van der Waals surface area contributed by atoms with Crippen LogP contribution in [0.4, 0.5) is 4.79 Å². The van der Waals surface area contributed by atoms with Gasteiger partial charge in [0, 0.05) is 25.6 Å². The number of nitrogens with zero attached hydrogens (tertiary/aromatic N) is 2. The number of carboxylic acid groups (broad SMARTS) is 1. The predicted molar refractivity (Wildman–Crippen MR) is 63.7 cm³/mol. The summed E-state index contributed by atoms with van der Waals surface area (Å²) in [7, 11) is 0. The Labute approximate surface area is 106 Å². The highest BCUT2D eigenvalue weighted by molar-refractivity contribution is 5.82. The quantitative estimate of drug-likeness (QED) is 0.601. The number of aliphatic hydroxyl groups is 1. The first-order valence-corrected chi connectivity index (χ1v) is 5.71. The topological polar surface area (TPSA) is 114 Å². The lowest BCUT2D eigenvalue weighted by molar-refractivity contribution is -0.139. The van der Waals surface area contributed by atoms with Crippen molar-refractivity contribution in [3.05, 3.63) is 0 Å². The van der Waals surface area contributed by atoms with E-state index in [0.717, 1.165) is 0 Å². The number of hydrogen-bond donors (Lipinski definition) is 3. The first kappa shape index (κ1) is 16.2. The van der Waals surface area contributed by atoms with E-state index in [9.17, 15) is 9.59 Å². The Morgan fingerprint density at radius 1 is 1.44 bits per heavy atom. The number of carbonyl (C=O) groups excluding carboxylic acids is 1. The summed E-state index contributed by atoms with van der Waals surface area (Å²) in [5, 5.41) is 28.4. The molecule has 0 aromatic carbocycles. The van der Waals surface area contributed by atoms with Crippen molar-refractivity contribution in [3.8, 4) is 6.07 Å². The molecule has 1 atom stereocenters. The number of hydrogen-bond acceptors (Lipinski definition) is 4. The zero-order valence-electron chi connectivity index (χ0n) is 10.6. The molecule has 0 aliphatic heterocycles. The van der Waals surface area contributed by atoms with Crippen LogP contribution in [0, 0.1) is 11.3 Å². The summed E-state index contributed by atoms with van der Waals surface area (Å²) >= 11 is 0. The standard InChI is InChI=1S/C11H19N3O4/c1-8(2)14(6-3-5-12)11(18)13-9(4-7-15)10(16)17/h8-9,15H,3-4,6-7H2,1-2H3,(H,13,18)(H,16,17). The summed E-state index contributed by atoms with van der Waals surface area (Å²) in [4.78, 5) is 24.1. The molecule has 7 nitrogen and oxygen atoms in total. The minimum absolute atomic E-state index is 0.0503. The van der Waals surface area contributed by atoms with Gasteiger partial charge in [0.15, 0.2) is 0 Å². The van der Waals surface area contributed by atoms with E-state index in [-0.39, 0.29) is 32.0 Å². The van der Waals surface area contributed by atoms with Gasteiger partial charge >= 0.3 is 12.0 Å². The third-order valence-corrected chi connectivity index (χ3v) is 2.36. The zero-order valence-corrected chi connectivity index (χ0v) is 10.6. The van der Waals surface area contributed by atoms with E-state index in [1.165, 1.54) is 4.90 Å². The van der Waals surface area contributed by atoms with E-state index in [2.05, 4.69) is 5.32 Å². The lowest BCUT2D eigenvalue weighted by atomic mass is 10.2. The number of nitrogens with one attached hydrogen (secondary N) is 1. The molecule has 102 valence electrons. The van der Waals surface area contributed by atoms with Gasteiger partial charge in [-0.2, -0.15) is 5.26 Å². The number of nitriles is 1. The highest BCUT2D eigenvalue weighted by Crippen LogP contribution is 2.02. The highest BCUT2D eigenvalue weighted by atomic mass is 16.4. The number of carboxylic acids is 1. The van der Waals surface area contributed by atoms with Crippen molar-refractivity contribution >= 4 is 12.0 Å². The van der Waals surface area contributed by atoms with Crippen LogP contribution in [0.5, 0.6) is 0 Å². The van der Waals surface area contributed by atoms with Crippen molar-refractivity contribution in [1.82, 2.24) is 10.2 Å². The second kappa shape index (κ2) is 8.31. The lowest BCUT2D eigenvalue weighted by Crippen LogP contribution is -2.50. The number of amides is 2. The van der Waals surface area contributed by atoms with Crippen molar-refractivity contribution in [1.29, 1.82) is 5.26 Å². The summed E-state index contributed by atoms with van der Waals surface area (Å²) in [6.45, 7) is 3.47. The van der Waals surface area contributed by atoms with Crippen LogP contribution in [0.1, 0.15) is 26.7 Å². The summed E-state index contributed by atoms with van der Waals surface area (Å²) in [6.07, 6.45) is 0.134. The Morgan fingerprint density at radius 2 is 2.06 bits per heavy atom. The molecule has 0 aliphatic carbocycles. The molecule has 0 saturated carbocycles. The molecule has 18 heavy (non-hydrogen) atoms. The van der Waals surface area contributed by atoms with Crippen LogP contribution in [0.25, 0.3) is 0 Å². The molecule has 3 N–H and O–H groups in total. The molecule has 1 unspecified atom stereocenters. The van der Waals surface area contributed by atoms with E-state index in [0.29, 0.717) is 0 Å². The van der Waals surface area contributed by atoms with E-state index < -0.39 is 18.0 Å². The lowest BCUT2D eigenvalue weighted by Gasteiger charge is -2.27. The van der Waals surface area contributed by atoms with Crippen LogP contribution in [0.3, 0.4) is 0 Å². The normalized spacial score (nSPS) is 11.7. The molecule has 0 spiro atoms. The molecule has 0 fully saturated rings. The van der Waals surface area contributed by atoms with Gasteiger partial charge < -0.3 is 20.4 Å². The van der Waals surface area contributed by atoms with Gasteiger partial charge in [-0.3, -0.25) is 0 Å². The molecule has 7 heteroatoms. The van der Waals surface area contributed by atoms with Crippen LogP contribution < -0.4 is 5.32 Å². The van der Waals surface area contributed by atoms with E-state index in [1.54, 1.807) is 13.8 Å². The Balaban J connectivity index is 4.57. The predicted octanol–water partition coefficient (Wildman–Crippen LogP) is 0.156. The third kappa shape index (κ3) is 5.50. The first-order chi connectivity index (χ1) is 8.43. The Kier molecular flexibility index (Phi) is 7.47. The average Bonchev–Trinajstić information content (AvgIpc) is 2.28. The number of aliphatic hydroxyl groups excluding tert-OH is 1. The van der Waals surface area contributed by atoms with Gasteiger partial charge in [0.05, 0.1) is 12.5 Å². The van der Waals surface area contributed by atoms with Crippen LogP contribution in [-0.2, 0) is 4.79 Å². The number of urea groups is 1. The van der Waals surface area contributed by atoms with Crippen molar-refractivity contribution in [2.75, 3.05) is 13.2 Å². The Bertz CT molecular complexity index is 325. The van der Waals surface area contributed by atoms with Crippen molar-refractivity contribution < 1.29 is 19.8 Å². The van der Waals surface area contributed by atoms with E-state index in [1.807, 2.05) is 6.07 Å². The molecule has 0 rings (SSSR count). The largest absolute Gasteiger partial charge is 0.480 e. The van der Waals surface area contributed by atoms with Crippen molar-refractivity contribution in [2.24, 2.45) is 0 Å². The number of carbonyl (C=O) groups is 2. The molecule has 0 aromatic heterocycles. The molecular formula is C11H19N3O4. The van der Waals surface area contributed by atoms with Gasteiger partial charge in [-0.25, -0.2) is 9.59 Å². The Morgan fingerprint density at radius 3 is 2.44 bits per heavy atom. The number of rotatable bonds is 7. The molecular weight excluding hydrogens is 238 g/mol. The maximum absolute atomic E-state index is 11.8. The minimum atomic E-state index is -1.19. The second-order valence-corrected chi connectivity index (χ2v) is 4.05. The van der Waals surface area contributed by atoms with Crippen molar-refractivity contribution in [2.45, 2.75) is 38.8 Å². The Hall–Kier alpha value is -1.81. The van der Waals surface area contributed by atoms with Crippen molar-refractivity contribution in [3.63, 3.8) is 0 Å². The molecule has 0 aromatic rings. The molecule has 0 heterocycles. The molecule has 2 amide bonds. The summed E-state index contributed by atoms with van der Waals surface area (Å²) in [5.74, 6) is -1.19. The molecule has 0 bridgehead atoms. The van der Waals surface area contributed by atoms with Gasteiger partial charge in [-0.05, 0) is 13.8 Å². The smallest absolute Gasteiger partial charge is 0.326 e. The fraction of sp³-hybridized carbons (Fsp3) is 0.727. The SMILES string of the molecule is CC(C)N(CCC#N)C(=O)NC(CCO)C(=O)O. The first-order valence-electron chi connectivity index (χ1n) is 5.71. The summed E-state index contributed by atoms with van der Waals surface area (Å²) in [5.41, 5.74) is 0. The fourth-order valence-corrected chi connectivity index (χ4v) is 1.38. The van der Waals surface area contributed by atoms with Crippen LogP contribution >= 0.6 is 0 Å². The van der Waals surface area contributed by atoms with Gasteiger partial charge in [0.25, 0.3) is 0 Å². The van der Waals surface area contributed by atoms with E-state index >= 15 is 0 Å². The molecule has 0 radical (unpaired) electrons. The summed E-state index contributed by atoms with van der Waals surface area (Å²) < 4.78 is 0. The zero-order chi connectivity index (χ0) is 14.1. The third-order valence-electron chi connectivity index (χ3n) is 2.36. The van der Waals surface area contributed by atoms with Gasteiger partial charge in [-0.1, -0.05) is 0 Å². The van der Waals surface area contributed by atoms with Crippen LogP contribution in [0.15, 0.2) is 0 Å². The number of aliphatic carboxylic acids is 1. The van der Waals surface area contributed by atoms with E-state index in [4.69, 9.17) is 15.5 Å². The maximum atomic E-state index is 11.8. The average molecular weight is 257 g/mol. The highest BCUT2D eigenvalue weighted by Gasteiger charge is 2.23. The minimum Gasteiger partial charge on any atom is -0.480 e. The summed E-state index contributed by atoms with van der Waals surface area (Å²) in [6, 6.07) is 0.134. The maximum Gasteiger partial charge on any atom is 0.326 e. The van der Waals surface area contributed by atoms with Crippen LogP contribution in [0.2, 0.25) is 0 Å². The van der Waals surface area contributed by atoms with Gasteiger partial charge in [-0.15, -0.1) is 0 Å².